The van der Waals surface area contributed by atoms with Gasteiger partial charge in [0, 0.05) is 0 Å². The molecule has 0 amide bonds. The average Bonchev–Trinajstić information content (AvgIpc) is 3.95. The summed E-state index contributed by atoms with van der Waals surface area (Å²) in [6, 6.07) is 42.5. The second kappa shape index (κ2) is 24.9. The van der Waals surface area contributed by atoms with Gasteiger partial charge in [-0.25, -0.2) is 0 Å². The molecule has 8 saturated carbocycles. The zero-order valence-electron chi connectivity index (χ0n) is 42.5. The van der Waals surface area contributed by atoms with Crippen LogP contribution in [0.4, 0.5) is 0 Å². The van der Waals surface area contributed by atoms with Crippen LogP contribution in [0.2, 0.25) is 0 Å². The minimum atomic E-state index is 0. The van der Waals surface area contributed by atoms with Crippen LogP contribution < -0.4 is 0 Å². The monoisotopic (exact) mass is 1040 g/mol. The molecule has 68 heavy (non-hydrogen) atoms. The Kier molecular flexibility index (Phi) is 20.2. The first kappa shape index (κ1) is 55.1. The van der Waals surface area contributed by atoms with Gasteiger partial charge < -0.3 is 14.4 Å². The third kappa shape index (κ3) is 11.8. The Balaban J connectivity index is 0.000000197. The van der Waals surface area contributed by atoms with E-state index in [4.69, 9.17) is 0 Å². The molecule has 2 atom stereocenters. The van der Waals surface area contributed by atoms with E-state index >= 15 is 0 Å². The number of hydrogen-bond donors (Lipinski definition) is 0. The van der Waals surface area contributed by atoms with Gasteiger partial charge in [-0.3, -0.25) is 0 Å². The van der Waals surface area contributed by atoms with Crippen LogP contribution in [0.15, 0.2) is 109 Å². The van der Waals surface area contributed by atoms with Crippen LogP contribution in [0.1, 0.15) is 152 Å². The normalized spacial score (nSPS) is 27.5. The van der Waals surface area contributed by atoms with E-state index in [2.05, 4.69) is 151 Å². The third-order valence-corrected chi connectivity index (χ3v) is 18.2. The standard InChI is InChI=1S/2C30H35.C3H7.CH3.2ClH.Si.Zr/c2*1-3-19(2)23-7-9-24(10-8-23)28-6-4-5-25-12-22(18-30(25)28)17-29-26-13-20-11-21(15-26)16-27(29)14-20;1-3-2;;;;;/h2*4-10,12,18-21,26-27,29H,3,11,13-17H2,1-2H3;1,3H2,2H3;1H3;2*1H;;/q4*-1;;;;. The molecule has 6 aromatic rings. The summed E-state index contributed by atoms with van der Waals surface area (Å²) in [5.41, 5.74) is 11.6. The summed E-state index contributed by atoms with van der Waals surface area (Å²) in [5.74, 6) is 11.6. The first-order valence-electron chi connectivity index (χ1n) is 26.4. The van der Waals surface area contributed by atoms with Gasteiger partial charge in [-0.05, 0) is 183 Å². The zero-order valence-corrected chi connectivity index (χ0v) is 47.5. The SMILES string of the molecule is CCC(C)c1ccc(-c2cccc3[cH-]c(CC4C5CC6CC(C5)CC4C6)cc23)cc1.CCC(C)c1ccc(-c2cccc3[cH-]c(CC4C5CC6CC(C5)CC4C6)cc23)cc1.Cl.Cl.[CH2-]CC.[CH3-].[Si]=[Zr]. The Morgan fingerprint density at radius 1 is 0.515 bits per heavy atom. The first-order chi connectivity index (χ1) is 31.8. The van der Waals surface area contributed by atoms with E-state index < -0.39 is 0 Å². The number of halogens is 2. The van der Waals surface area contributed by atoms with Gasteiger partial charge in [-0.2, -0.15) is 18.6 Å². The Bertz CT molecular complexity index is 2250. The molecule has 0 N–H and O–H groups in total. The second-order valence-electron chi connectivity index (χ2n) is 22.3. The fourth-order valence-corrected chi connectivity index (χ4v) is 15.1. The summed E-state index contributed by atoms with van der Waals surface area (Å²) in [6.07, 6.45) is 21.4. The Morgan fingerprint density at radius 2 is 0.824 bits per heavy atom. The van der Waals surface area contributed by atoms with Crippen LogP contribution in [-0.2, 0) is 36.2 Å². The van der Waals surface area contributed by atoms with Crippen molar-refractivity contribution < 1.29 is 23.3 Å². The molecule has 0 aliphatic heterocycles. The molecule has 0 aromatic heterocycles. The predicted octanol–water partition coefficient (Wildman–Crippen LogP) is 18.8. The molecule has 8 fully saturated rings. The summed E-state index contributed by atoms with van der Waals surface area (Å²) in [5, 5.41) is 5.76. The van der Waals surface area contributed by atoms with Crippen molar-refractivity contribution in [2.45, 2.75) is 143 Å². The van der Waals surface area contributed by atoms with Gasteiger partial charge in [0.05, 0.1) is 0 Å². The first-order valence-corrected chi connectivity index (χ1v) is 30.6. The molecule has 6 aromatic carbocycles. The van der Waals surface area contributed by atoms with E-state index in [0.29, 0.717) is 11.8 Å². The van der Waals surface area contributed by atoms with Crippen molar-refractivity contribution in [3.63, 3.8) is 0 Å². The van der Waals surface area contributed by atoms with Crippen molar-refractivity contribution >= 4 is 53.2 Å². The van der Waals surface area contributed by atoms with E-state index in [1.165, 1.54) is 155 Å². The van der Waals surface area contributed by atoms with Crippen molar-refractivity contribution in [2.24, 2.45) is 59.2 Å². The number of benzene rings is 4. The van der Waals surface area contributed by atoms with Crippen molar-refractivity contribution in [2.75, 3.05) is 0 Å². The molecule has 0 saturated heterocycles. The van der Waals surface area contributed by atoms with E-state index in [9.17, 15) is 0 Å². The molecule has 0 heterocycles. The molecule has 4 heteroatoms. The van der Waals surface area contributed by atoms with E-state index in [0.717, 1.165) is 65.6 Å². The van der Waals surface area contributed by atoms with Gasteiger partial charge in [0.15, 0.2) is 0 Å². The summed E-state index contributed by atoms with van der Waals surface area (Å²) >= 11 is 1.36. The van der Waals surface area contributed by atoms with Crippen LogP contribution in [0.25, 0.3) is 43.8 Å². The van der Waals surface area contributed by atoms with Crippen LogP contribution in [0.3, 0.4) is 0 Å². The van der Waals surface area contributed by atoms with E-state index in [-0.39, 0.29) is 32.2 Å². The van der Waals surface area contributed by atoms with Crippen LogP contribution in [-0.4, -0.2) is 6.88 Å². The van der Waals surface area contributed by atoms with Gasteiger partial charge in [0.1, 0.15) is 0 Å². The molecule has 2 unspecified atom stereocenters. The van der Waals surface area contributed by atoms with Gasteiger partial charge in [0.25, 0.3) is 0 Å². The molecular weight excluding hydrogens is 959 g/mol. The molecule has 2 radical (unpaired) electrons. The molecule has 364 valence electrons. The maximum atomic E-state index is 3.49. The molecule has 0 spiro atoms. The Hall–Kier alpha value is -2.22. The van der Waals surface area contributed by atoms with Crippen molar-refractivity contribution in [3.05, 3.63) is 146 Å². The van der Waals surface area contributed by atoms with Gasteiger partial charge >= 0.3 is 30.2 Å². The maximum absolute atomic E-state index is 3.49. The zero-order chi connectivity index (χ0) is 45.2. The molecular formula is C64H82Cl2SiZr-4. The summed E-state index contributed by atoms with van der Waals surface area (Å²) in [7, 11) is 0. The fraction of sp³-hybridized carbons (Fsp3) is 0.500. The van der Waals surface area contributed by atoms with E-state index in [1.807, 2.05) is 6.92 Å². The molecule has 14 rings (SSSR count). The van der Waals surface area contributed by atoms with Gasteiger partial charge in [0.2, 0.25) is 0 Å². The fourth-order valence-electron chi connectivity index (χ4n) is 15.1. The molecule has 8 bridgehead atoms. The molecule has 8 aliphatic carbocycles. The predicted molar refractivity (Wildman–Crippen MR) is 298 cm³/mol. The molecule has 8 aliphatic rings. The molecule has 0 nitrogen and oxygen atoms in total. The van der Waals surface area contributed by atoms with Crippen LogP contribution >= 0.6 is 24.8 Å². The Labute approximate surface area is 443 Å². The van der Waals surface area contributed by atoms with Crippen LogP contribution in [0, 0.1) is 73.5 Å². The van der Waals surface area contributed by atoms with Crippen molar-refractivity contribution in [3.8, 4) is 22.3 Å². The minimum absolute atomic E-state index is 0. The third-order valence-electron chi connectivity index (χ3n) is 18.2. The van der Waals surface area contributed by atoms with Crippen molar-refractivity contribution in [1.29, 1.82) is 0 Å². The Morgan fingerprint density at radius 3 is 1.12 bits per heavy atom. The average molecular weight is 1040 g/mol. The number of fused-ring (bicyclic) bond motifs is 2. The van der Waals surface area contributed by atoms with Crippen LogP contribution in [0.5, 0.6) is 0 Å². The number of rotatable bonds is 10. The summed E-state index contributed by atoms with van der Waals surface area (Å²) in [6.45, 7) is 17.8. The van der Waals surface area contributed by atoms with Gasteiger partial charge in [-0.1, -0.05) is 106 Å². The number of hydrogen-bond acceptors (Lipinski definition) is 0. The van der Waals surface area contributed by atoms with E-state index in [1.54, 1.807) is 24.0 Å². The van der Waals surface area contributed by atoms with Crippen molar-refractivity contribution in [1.82, 2.24) is 0 Å². The quantitative estimate of drug-likeness (QED) is 0.0947. The summed E-state index contributed by atoms with van der Waals surface area (Å²) in [4.78, 5) is 0. The second-order valence-corrected chi connectivity index (χ2v) is 22.3. The topological polar surface area (TPSA) is 0 Å². The van der Waals surface area contributed by atoms with Gasteiger partial charge in [-0.15, -0.1) is 93.9 Å². The summed E-state index contributed by atoms with van der Waals surface area (Å²) < 4.78 is 0.